The molecule has 6 N–H and O–H groups in total. The molecule has 2 fully saturated rings. The number of carboxylic acids is 1. The van der Waals surface area contributed by atoms with E-state index in [2.05, 4.69) is 123 Å². The minimum Gasteiger partial charge on any atom is -0.870 e. The molecule has 15 heterocycles. The van der Waals surface area contributed by atoms with Gasteiger partial charge in [0.05, 0.1) is 110 Å². The zero-order valence-corrected chi connectivity index (χ0v) is 80.3. The number of aldehydes is 1. The van der Waals surface area contributed by atoms with Crippen molar-refractivity contribution in [2.45, 2.75) is 119 Å². The monoisotopic (exact) mass is 2100 g/mol. The van der Waals surface area contributed by atoms with Crippen molar-refractivity contribution >= 4 is 146 Å². The predicted molar refractivity (Wildman–Crippen MR) is 487 cm³/mol. The summed E-state index contributed by atoms with van der Waals surface area (Å²) < 4.78 is 77.1. The second-order valence-electron chi connectivity index (χ2n) is 27.5. The number of ether oxygens (including phenoxy) is 5. The van der Waals surface area contributed by atoms with Crippen molar-refractivity contribution in [2.24, 2.45) is 0 Å². The van der Waals surface area contributed by atoms with E-state index in [9.17, 15) is 33.6 Å². The number of aromatic carboxylic acids is 1. The number of pyridine rings is 6. The van der Waals surface area contributed by atoms with Crippen molar-refractivity contribution in [3.63, 3.8) is 0 Å². The largest absolute Gasteiger partial charge is 1.00 e. The number of oxazole rings is 3. The van der Waals surface area contributed by atoms with Crippen molar-refractivity contribution in [1.29, 1.82) is 0 Å². The number of methoxy groups -OCH3 is 1. The van der Waals surface area contributed by atoms with Crippen LogP contribution in [0.5, 0.6) is 5.75 Å². The summed E-state index contributed by atoms with van der Waals surface area (Å²) in [4.78, 5) is 128. The van der Waals surface area contributed by atoms with Gasteiger partial charge in [-0.15, -0.1) is 0 Å². The van der Waals surface area contributed by atoms with Gasteiger partial charge >= 0.3 is 70.4 Å². The number of rotatable bonds is 22. The minimum absolute atomic E-state index is 0. The summed E-state index contributed by atoms with van der Waals surface area (Å²) in [5.41, 5.74) is 6.35. The molecule has 13 aromatic rings. The molecular weight excluding hydrogens is 2010 g/mol. The number of ketones is 1. The number of hydrogen-bond donors (Lipinski definition) is 4. The number of carboxylic acid groups (broad SMARTS) is 1. The van der Waals surface area contributed by atoms with Crippen LogP contribution in [0.2, 0.25) is 0 Å². The minimum atomic E-state index is -1.06. The smallest absolute Gasteiger partial charge is 0.870 e. The third kappa shape index (κ3) is 33.5. The second-order valence-corrected chi connectivity index (χ2v) is 31.2. The van der Waals surface area contributed by atoms with Gasteiger partial charge in [0.25, 0.3) is 3.90 Å². The van der Waals surface area contributed by atoms with E-state index < -0.39 is 50.1 Å². The van der Waals surface area contributed by atoms with Crippen molar-refractivity contribution in [1.82, 2.24) is 83.1 Å². The number of esters is 4. The first-order chi connectivity index (χ1) is 61.5. The van der Waals surface area contributed by atoms with Crippen LogP contribution < -0.4 is 34.6 Å². The van der Waals surface area contributed by atoms with E-state index in [-0.39, 0.29) is 83.4 Å². The predicted octanol–water partition coefficient (Wildman–Crippen LogP) is 9.62. The fourth-order valence-corrected chi connectivity index (χ4v) is 11.0. The molecule has 2 saturated heterocycles. The van der Waals surface area contributed by atoms with Crippen molar-refractivity contribution in [2.75, 3.05) is 44.6 Å². The quantitative estimate of drug-likeness (QED) is 0.00932. The van der Waals surface area contributed by atoms with Gasteiger partial charge in [-0.2, -0.15) is 0 Å². The van der Waals surface area contributed by atoms with Crippen LogP contribution in [0.15, 0.2) is 224 Å². The van der Waals surface area contributed by atoms with Crippen LogP contribution >= 0.6 is 70.4 Å². The normalized spacial score (nSPS) is 13.1. The zero-order valence-electron chi connectivity index (χ0n) is 73.4. The number of anilines is 2. The van der Waals surface area contributed by atoms with E-state index in [0.29, 0.717) is 94.2 Å². The summed E-state index contributed by atoms with van der Waals surface area (Å²) in [7, 11) is 1.09. The van der Waals surface area contributed by atoms with Crippen LogP contribution in [0.4, 0.5) is 11.6 Å². The van der Waals surface area contributed by atoms with Gasteiger partial charge in [0.1, 0.15) is 84.8 Å². The Balaban J connectivity index is 0.000000266. The van der Waals surface area contributed by atoms with Crippen molar-refractivity contribution in [3.8, 4) is 51.9 Å². The van der Waals surface area contributed by atoms with Gasteiger partial charge in [0.2, 0.25) is 18.1 Å². The first-order valence-corrected chi connectivity index (χ1v) is 41.9. The molecule has 0 amide bonds. The molecule has 42 nitrogen and oxygen atoms in total. The first-order valence-electron chi connectivity index (χ1n) is 38.5. The van der Waals surface area contributed by atoms with Gasteiger partial charge < -0.3 is 86.9 Å². The average Bonchev–Trinajstić information content (AvgIpc) is 1.59. The van der Waals surface area contributed by atoms with Crippen LogP contribution in [0.25, 0.3) is 46.2 Å². The molecule has 13 aromatic heterocycles. The second kappa shape index (κ2) is 54.1. The number of carbonyl (C=O) groups excluding carboxylic acids is 6. The molecule has 1 atom stereocenters. The molecule has 1 unspecified atom stereocenters. The number of carbonyl (C=O) groups is 7. The Labute approximate surface area is 803 Å². The Bertz CT molecular complexity index is 5540. The molecule has 131 heavy (non-hydrogen) atoms. The summed E-state index contributed by atoms with van der Waals surface area (Å²) in [5.74, 6) is 1.36. The van der Waals surface area contributed by atoms with Gasteiger partial charge in [0.15, 0.2) is 34.8 Å². The molecule has 50 heteroatoms. The summed E-state index contributed by atoms with van der Waals surface area (Å²) in [6.07, 6.45) is 29.8. The maximum Gasteiger partial charge on any atom is 1.00 e. The topological polar surface area (TPSA) is 547 Å². The summed E-state index contributed by atoms with van der Waals surface area (Å²) in [6.45, 7) is 25.7. The molecule has 15 rings (SSSR count). The SMILES string of the molecule is CC1(C)OB(B2OC(C)(C)C(C)(C)O2)OC1(C)C.CCOC(=O)C=O.CCOC(=O)c1cncn1-c1ccc(-c2ncco2)cn1.CCOC(=O)c1cncn1-c1ccc(Br)cn1.CCOC(=O)c1cncn1-c1ccc(O[B]O)cn1.COC(Nc1ccc(Br)cn1)C(C)=O.Ic1ncco1.Nc1ccc(Br)cn1.O=C(O)c1cncn1-c1ccc(-c2ncco2)cn1.[Li+].[OH-]. The molecule has 2 aliphatic heterocycles. The number of nitrogens with two attached hydrogens (primary N) is 1. The maximum absolute atomic E-state index is 11.8. The maximum atomic E-state index is 11.8. The molecule has 1 radical (unpaired) electrons. The molecule has 0 aromatic carbocycles. The van der Waals surface area contributed by atoms with Crippen LogP contribution in [0.3, 0.4) is 0 Å². The van der Waals surface area contributed by atoms with E-state index in [0.717, 1.165) is 19.0 Å². The molecule has 0 bridgehead atoms. The van der Waals surface area contributed by atoms with Gasteiger partial charge in [-0.1, -0.05) is 0 Å². The molecule has 0 aliphatic carbocycles. The fourth-order valence-electron chi connectivity index (χ4n) is 10.0. The van der Waals surface area contributed by atoms with E-state index in [1.807, 2.05) is 102 Å². The molecule has 2 aliphatic rings. The van der Waals surface area contributed by atoms with E-state index >= 15 is 0 Å². The molecular formula is C81H90B3Br3ILiN19O23. The number of imidazole rings is 4. The average molecular weight is 2100 g/mol. The Hall–Kier alpha value is -11.9. The van der Waals surface area contributed by atoms with Crippen LogP contribution in [-0.4, -0.2) is 224 Å². The van der Waals surface area contributed by atoms with Gasteiger partial charge in [-0.05, 0) is 211 Å². The van der Waals surface area contributed by atoms with Gasteiger partial charge in [-0.25, -0.2) is 88.8 Å². The Morgan fingerprint density at radius 2 is 0.870 bits per heavy atom. The van der Waals surface area contributed by atoms with Crippen LogP contribution in [-0.2, 0) is 56.7 Å². The van der Waals surface area contributed by atoms with Crippen molar-refractivity contribution in [3.05, 3.63) is 238 Å². The number of hydrogen-bond acceptors (Lipinski definition) is 37. The number of nitrogens with zero attached hydrogens (tertiary/aromatic N) is 17. The summed E-state index contributed by atoms with van der Waals surface area (Å²) in [6, 6.07) is 21.0. The number of nitrogens with one attached hydrogen (secondary N) is 1. The van der Waals surface area contributed by atoms with Crippen LogP contribution in [0.1, 0.15) is 132 Å². The number of nitrogen functional groups attached to an aromatic ring is 1. The Kier molecular flexibility index (Phi) is 45.3. The van der Waals surface area contributed by atoms with Crippen molar-refractivity contribution < 1.29 is 128 Å². The number of aromatic nitrogens is 17. The first kappa shape index (κ1) is 110. The Morgan fingerprint density at radius 3 is 1.15 bits per heavy atom. The summed E-state index contributed by atoms with van der Waals surface area (Å²) in [5, 5.41) is 20.4. The van der Waals surface area contributed by atoms with E-state index in [4.69, 9.17) is 71.3 Å². The standard InChI is InChI=1S/C14H12N4O3.C12H24B2O4.C12H8N4O3.C11H11BN3O4.C11H10BrN3O2.C9H11BrN2O2.C5H5BrN2.C4H6O3.C3H2INO.Li.H2O/c1-2-20-14(19)11-8-15-9-18(11)12-4-3-10(7-17-12)13-16-5-6-21-13;1-9(2)10(3,4)16-13(15-9)14-17-11(5,6)12(7,8)18-14;17-12(18)9-6-13-7-16(9)10-2-1-8(5-15-10)11-14-3-4-19-11;1-2-18-11(16)9-6-13-7-15(9)10-4-3-8(5-14-10)19-12-17;1-2-17-11(16)9-6-13-7-15(9)10-4-3-8(12)5-14-10;1-6(13)9(14-2)12-8-4-3-7(10)5-11-8;6-4-1-2-5(7)8-3-4;1-2-7-4(6)3-5;4-3-5-1-2-6-3;;/h3-9H,2H2,1H3;1-8H3;1-7H,(H,17,18);3-7,17H,2H2,1H3;3-7H,2H2,1H3;3-5,9H,1-2H3,(H,11,12);1-3H,(H2,7,8);3H,2H2,1H3;1-2H;;1H2/q;;;;;;;;;+1;/p-1. The molecule has 685 valence electrons. The third-order valence-corrected chi connectivity index (χ3v) is 19.5. The summed E-state index contributed by atoms with van der Waals surface area (Å²) >= 11 is 11.8. The number of Topliss-reactive ketones (excluding diaryl/α,β-unsaturated/α-hetero) is 1. The zero-order chi connectivity index (χ0) is 94.4. The van der Waals surface area contributed by atoms with Gasteiger partial charge in [0, 0.05) is 74.1 Å². The van der Waals surface area contributed by atoms with Gasteiger partial charge in [-0.3, -0.25) is 27.9 Å². The third-order valence-electron chi connectivity index (χ3n) is 17.6. The van der Waals surface area contributed by atoms with Crippen LogP contribution in [0, 0.1) is 3.90 Å². The van der Waals surface area contributed by atoms with E-state index in [1.165, 1.54) is 92.0 Å². The fraction of sp³-hybridized carbons (Fsp3) is 0.284. The molecule has 0 spiro atoms. The molecule has 0 saturated carbocycles. The number of halogens is 4. The Morgan fingerprint density at radius 1 is 0.504 bits per heavy atom. The van der Waals surface area contributed by atoms with E-state index in [1.54, 1.807) is 141 Å².